The van der Waals surface area contributed by atoms with Crippen molar-refractivity contribution in [2.24, 2.45) is 5.92 Å². The third kappa shape index (κ3) is 5.29. The number of carbonyl (C=O) groups is 3. The lowest BCUT2D eigenvalue weighted by molar-refractivity contribution is -0.136. The number of carbonyl (C=O) groups excluding carboxylic acids is 3. The summed E-state index contributed by atoms with van der Waals surface area (Å²) in [5, 5.41) is 7.97. The molecule has 27 heavy (non-hydrogen) atoms. The van der Waals surface area contributed by atoms with Crippen LogP contribution < -0.4 is 16.0 Å². The third-order valence-electron chi connectivity index (χ3n) is 5.22. The Hall–Kier alpha value is -2.41. The molecule has 1 aromatic rings. The number of fused-ring (bicyclic) bond motifs is 1. The van der Waals surface area contributed by atoms with Gasteiger partial charge in [-0.3, -0.25) is 14.4 Å². The maximum absolute atomic E-state index is 12.0. The van der Waals surface area contributed by atoms with Gasteiger partial charge in [0.05, 0.1) is 12.7 Å². The van der Waals surface area contributed by atoms with Crippen molar-refractivity contribution in [1.29, 1.82) is 0 Å². The molecule has 0 spiro atoms. The number of nitrogens with one attached hydrogen (secondary N) is 3. The minimum absolute atomic E-state index is 0.0106. The first-order chi connectivity index (χ1) is 13.0. The number of ether oxygens (including phenoxy) is 1. The van der Waals surface area contributed by atoms with Gasteiger partial charge in [-0.1, -0.05) is 19.8 Å². The Balaban J connectivity index is 1.41. The first kappa shape index (κ1) is 19.4. The van der Waals surface area contributed by atoms with Crippen molar-refractivity contribution in [3.05, 3.63) is 23.8 Å². The highest BCUT2D eigenvalue weighted by Gasteiger charge is 2.22. The number of anilines is 2. The molecule has 1 saturated carbocycles. The van der Waals surface area contributed by atoms with Crippen LogP contribution in [0.15, 0.2) is 18.2 Å². The molecule has 0 radical (unpaired) electrons. The lowest BCUT2D eigenvalue weighted by atomic mass is 9.88. The van der Waals surface area contributed by atoms with Crippen LogP contribution in [0.4, 0.5) is 11.4 Å². The summed E-state index contributed by atoms with van der Waals surface area (Å²) in [7, 11) is 0. The molecule has 3 rings (SSSR count). The molecule has 1 heterocycles. The second-order valence-corrected chi connectivity index (χ2v) is 7.30. The van der Waals surface area contributed by atoms with E-state index in [0.717, 1.165) is 17.7 Å². The molecule has 2 atom stereocenters. The summed E-state index contributed by atoms with van der Waals surface area (Å²) in [6, 6.07) is 5.19. The minimum atomic E-state index is -0.708. The van der Waals surface area contributed by atoms with E-state index in [2.05, 4.69) is 22.9 Å². The van der Waals surface area contributed by atoms with Crippen LogP contribution in [0.1, 0.15) is 44.6 Å². The smallest absolute Gasteiger partial charge is 0.313 e. The molecule has 3 N–H and O–H groups in total. The average Bonchev–Trinajstić information content (AvgIpc) is 2.66. The molecule has 3 amide bonds. The lowest BCUT2D eigenvalue weighted by Crippen LogP contribution is -2.38. The van der Waals surface area contributed by atoms with E-state index in [-0.39, 0.29) is 12.0 Å². The molecule has 0 saturated heterocycles. The predicted octanol–water partition coefficient (Wildman–Crippen LogP) is 2.22. The Morgan fingerprint density at radius 1 is 1.19 bits per heavy atom. The maximum Gasteiger partial charge on any atom is 0.313 e. The number of hydrogen-bond donors (Lipinski definition) is 3. The Morgan fingerprint density at radius 3 is 2.81 bits per heavy atom. The van der Waals surface area contributed by atoms with Gasteiger partial charge in [0.25, 0.3) is 0 Å². The van der Waals surface area contributed by atoms with E-state index in [1.807, 2.05) is 0 Å². The maximum atomic E-state index is 12.0. The highest BCUT2D eigenvalue weighted by molar-refractivity contribution is 6.39. The zero-order chi connectivity index (χ0) is 19.2. The Labute approximate surface area is 159 Å². The fourth-order valence-corrected chi connectivity index (χ4v) is 3.63. The number of amides is 3. The van der Waals surface area contributed by atoms with Crippen molar-refractivity contribution >= 4 is 29.1 Å². The van der Waals surface area contributed by atoms with E-state index in [0.29, 0.717) is 37.6 Å². The highest BCUT2D eigenvalue weighted by Crippen LogP contribution is 2.26. The van der Waals surface area contributed by atoms with E-state index < -0.39 is 11.8 Å². The first-order valence-corrected chi connectivity index (χ1v) is 9.66. The van der Waals surface area contributed by atoms with Gasteiger partial charge in [0, 0.05) is 24.3 Å². The van der Waals surface area contributed by atoms with Gasteiger partial charge in [-0.15, -0.1) is 0 Å². The molecule has 1 aliphatic carbocycles. The first-order valence-electron chi connectivity index (χ1n) is 9.66. The van der Waals surface area contributed by atoms with Crippen molar-refractivity contribution in [1.82, 2.24) is 5.32 Å². The number of benzene rings is 1. The van der Waals surface area contributed by atoms with E-state index in [1.54, 1.807) is 18.2 Å². The predicted molar refractivity (Wildman–Crippen MR) is 102 cm³/mol. The molecule has 0 bridgehead atoms. The van der Waals surface area contributed by atoms with Gasteiger partial charge in [-0.05, 0) is 48.9 Å². The van der Waals surface area contributed by atoms with Crippen molar-refractivity contribution in [2.75, 3.05) is 23.8 Å². The van der Waals surface area contributed by atoms with Gasteiger partial charge in [-0.25, -0.2) is 0 Å². The molecule has 1 aromatic carbocycles. The van der Waals surface area contributed by atoms with E-state index >= 15 is 0 Å². The van der Waals surface area contributed by atoms with Crippen LogP contribution in [0, 0.1) is 5.92 Å². The summed E-state index contributed by atoms with van der Waals surface area (Å²) in [4.78, 5) is 35.4. The van der Waals surface area contributed by atoms with Crippen molar-refractivity contribution < 1.29 is 19.1 Å². The lowest BCUT2D eigenvalue weighted by Gasteiger charge is -2.28. The van der Waals surface area contributed by atoms with Crippen molar-refractivity contribution in [3.63, 3.8) is 0 Å². The summed E-state index contributed by atoms with van der Waals surface area (Å²) >= 11 is 0. The summed E-state index contributed by atoms with van der Waals surface area (Å²) < 4.78 is 5.83. The van der Waals surface area contributed by atoms with Crippen molar-refractivity contribution in [2.45, 2.75) is 51.6 Å². The van der Waals surface area contributed by atoms with Gasteiger partial charge in [0.1, 0.15) is 0 Å². The minimum Gasteiger partial charge on any atom is -0.376 e. The summed E-state index contributed by atoms with van der Waals surface area (Å²) in [5.74, 6) is -0.850. The second kappa shape index (κ2) is 8.99. The van der Waals surface area contributed by atoms with Crippen LogP contribution >= 0.6 is 0 Å². The molecule has 146 valence electrons. The molecule has 0 aromatic heterocycles. The Bertz CT molecular complexity index is 719. The highest BCUT2D eigenvalue weighted by atomic mass is 16.5. The van der Waals surface area contributed by atoms with Crippen LogP contribution in [0.25, 0.3) is 0 Å². The topological polar surface area (TPSA) is 96.5 Å². The number of rotatable bonds is 5. The molecule has 2 aliphatic rings. The van der Waals surface area contributed by atoms with Gasteiger partial charge in [-0.2, -0.15) is 0 Å². The molecule has 1 fully saturated rings. The standard InChI is InChI=1S/C20H27N3O4/c1-13-4-2-3-5-17(13)27-11-10-21-19(25)20(26)22-15-7-8-16-14(12-15)6-9-18(24)23-16/h7-8,12-13,17H,2-6,9-11H2,1H3,(H,21,25)(H,22,26)(H,23,24)/t13-,17+/m1/s1. The van der Waals surface area contributed by atoms with E-state index in [1.165, 1.54) is 19.3 Å². The van der Waals surface area contributed by atoms with Gasteiger partial charge in [0.15, 0.2) is 0 Å². The van der Waals surface area contributed by atoms with Crippen LogP contribution in [-0.2, 0) is 25.5 Å². The van der Waals surface area contributed by atoms with Gasteiger partial charge in [0.2, 0.25) is 5.91 Å². The SMILES string of the molecule is C[C@@H]1CCCC[C@@H]1OCCNC(=O)C(=O)Nc1ccc2c(c1)CCC(=O)N2. The fourth-order valence-electron chi connectivity index (χ4n) is 3.63. The molecule has 7 nitrogen and oxygen atoms in total. The summed E-state index contributed by atoms with van der Waals surface area (Å²) in [6.45, 7) is 2.91. The van der Waals surface area contributed by atoms with Crippen molar-refractivity contribution in [3.8, 4) is 0 Å². The van der Waals surface area contributed by atoms with Gasteiger partial charge >= 0.3 is 11.8 Å². The summed E-state index contributed by atoms with van der Waals surface area (Å²) in [6.07, 6.45) is 5.98. The molecular formula is C20H27N3O4. The largest absolute Gasteiger partial charge is 0.376 e. The fraction of sp³-hybridized carbons (Fsp3) is 0.550. The molecule has 7 heteroatoms. The van der Waals surface area contributed by atoms with Crippen LogP contribution in [-0.4, -0.2) is 37.0 Å². The zero-order valence-corrected chi connectivity index (χ0v) is 15.7. The number of hydrogen-bond acceptors (Lipinski definition) is 4. The van der Waals surface area contributed by atoms with Gasteiger partial charge < -0.3 is 20.7 Å². The zero-order valence-electron chi connectivity index (χ0n) is 15.7. The summed E-state index contributed by atoms with van der Waals surface area (Å²) in [5.41, 5.74) is 2.24. The van der Waals surface area contributed by atoms with Crippen LogP contribution in [0.2, 0.25) is 0 Å². The molecular weight excluding hydrogens is 346 g/mol. The normalized spacial score (nSPS) is 21.7. The molecule has 0 unspecified atom stereocenters. The quantitative estimate of drug-likeness (QED) is 0.545. The van der Waals surface area contributed by atoms with Crippen LogP contribution in [0.3, 0.4) is 0 Å². The second-order valence-electron chi connectivity index (χ2n) is 7.30. The van der Waals surface area contributed by atoms with E-state index in [4.69, 9.17) is 4.74 Å². The molecule has 1 aliphatic heterocycles. The third-order valence-corrected chi connectivity index (χ3v) is 5.22. The average molecular weight is 373 g/mol. The Morgan fingerprint density at radius 2 is 2.00 bits per heavy atom. The van der Waals surface area contributed by atoms with E-state index in [9.17, 15) is 14.4 Å². The number of aryl methyl sites for hydroxylation is 1. The Kier molecular flexibility index (Phi) is 6.45. The van der Waals surface area contributed by atoms with Crippen LogP contribution in [0.5, 0.6) is 0 Å². The monoisotopic (exact) mass is 373 g/mol.